The molecule has 2 N–H and O–H groups in total. The maximum Gasteiger partial charge on any atom is 0.339 e. The summed E-state index contributed by atoms with van der Waals surface area (Å²) in [5, 5.41) is 19.0. The van der Waals surface area contributed by atoms with Gasteiger partial charge in [-0.2, -0.15) is 0 Å². The van der Waals surface area contributed by atoms with Gasteiger partial charge in [0.1, 0.15) is 12.2 Å². The molecule has 0 aromatic heterocycles. The Balaban J connectivity index is 2.78. The molecule has 0 radical (unpaired) electrons. The number of aliphatic hydroxyl groups excluding tert-OH is 2. The summed E-state index contributed by atoms with van der Waals surface area (Å²) in [4.78, 5) is 22.4. The van der Waals surface area contributed by atoms with Gasteiger partial charge >= 0.3 is 11.9 Å². The number of hydrogen-bond acceptors (Lipinski definition) is 7. The Kier molecular flexibility index (Phi) is 4.86. The van der Waals surface area contributed by atoms with E-state index in [-0.39, 0.29) is 13.2 Å². The molecule has 2 unspecified atom stereocenters. The highest BCUT2D eigenvalue weighted by atomic mass is 16.6. The zero-order valence-corrected chi connectivity index (χ0v) is 9.66. The van der Waals surface area contributed by atoms with Crippen molar-refractivity contribution >= 4 is 11.9 Å². The van der Waals surface area contributed by atoms with E-state index in [4.69, 9.17) is 14.2 Å². The van der Waals surface area contributed by atoms with Crippen LogP contribution in [0.5, 0.6) is 0 Å². The molecule has 17 heavy (non-hydrogen) atoms. The van der Waals surface area contributed by atoms with Crippen LogP contribution in [0.15, 0.2) is 0 Å². The predicted octanol–water partition coefficient (Wildman–Crippen LogP) is -1.40. The van der Waals surface area contributed by atoms with Gasteiger partial charge in [-0.05, 0) is 6.92 Å². The van der Waals surface area contributed by atoms with E-state index < -0.39 is 36.4 Å². The molecule has 4 atom stereocenters. The van der Waals surface area contributed by atoms with Crippen molar-refractivity contribution in [1.29, 1.82) is 0 Å². The number of ether oxygens (including phenoxy) is 3. The Morgan fingerprint density at radius 1 is 1.41 bits per heavy atom. The average Bonchev–Trinajstić information content (AvgIpc) is 2.24. The first-order chi connectivity index (χ1) is 7.97. The quantitative estimate of drug-likeness (QED) is 0.592. The van der Waals surface area contributed by atoms with Crippen molar-refractivity contribution in [3.8, 4) is 0 Å². The first-order valence-electron chi connectivity index (χ1n) is 5.29. The molecule has 0 aromatic rings. The summed E-state index contributed by atoms with van der Waals surface area (Å²) in [6.07, 6.45) is -5.04. The molecule has 0 amide bonds. The van der Waals surface area contributed by atoms with Gasteiger partial charge in [-0.15, -0.1) is 0 Å². The Hall–Kier alpha value is -1.18. The van der Waals surface area contributed by atoms with Gasteiger partial charge in [0.25, 0.3) is 0 Å². The maximum absolute atomic E-state index is 11.5. The molecule has 1 aliphatic heterocycles. The van der Waals surface area contributed by atoms with E-state index in [0.29, 0.717) is 0 Å². The first kappa shape index (κ1) is 13.9. The smallest absolute Gasteiger partial charge is 0.339 e. The van der Waals surface area contributed by atoms with E-state index in [1.807, 2.05) is 0 Å². The second kappa shape index (κ2) is 5.95. The molecule has 1 fully saturated rings. The minimum absolute atomic E-state index is 0.143. The van der Waals surface area contributed by atoms with Crippen LogP contribution in [0.25, 0.3) is 0 Å². The number of aliphatic hydroxyl groups is 2. The van der Waals surface area contributed by atoms with Crippen LogP contribution in [0.3, 0.4) is 0 Å². The summed E-state index contributed by atoms with van der Waals surface area (Å²) < 4.78 is 14.5. The van der Waals surface area contributed by atoms with E-state index in [2.05, 4.69) is 0 Å². The van der Waals surface area contributed by atoms with Gasteiger partial charge in [0, 0.05) is 6.92 Å². The van der Waals surface area contributed by atoms with Crippen molar-refractivity contribution in [3.05, 3.63) is 0 Å². The highest BCUT2D eigenvalue weighted by Crippen LogP contribution is 2.20. The molecule has 7 nitrogen and oxygen atoms in total. The SMILES string of the molecule is CCOC(=O)C1OCC(O)[C@@H](O)[C@H]1OC(C)=O. The van der Waals surface area contributed by atoms with Crippen LogP contribution in [0, 0.1) is 0 Å². The van der Waals surface area contributed by atoms with Crippen molar-refractivity contribution < 1.29 is 34.0 Å². The van der Waals surface area contributed by atoms with Crippen LogP contribution in [0.4, 0.5) is 0 Å². The highest BCUT2D eigenvalue weighted by molar-refractivity contribution is 5.76. The van der Waals surface area contributed by atoms with E-state index in [9.17, 15) is 19.8 Å². The minimum Gasteiger partial charge on any atom is -0.464 e. The third-order valence-electron chi connectivity index (χ3n) is 2.30. The Morgan fingerprint density at radius 3 is 2.59 bits per heavy atom. The summed E-state index contributed by atoms with van der Waals surface area (Å²) in [5.41, 5.74) is 0. The predicted molar refractivity (Wildman–Crippen MR) is 53.9 cm³/mol. The second-order valence-electron chi connectivity index (χ2n) is 3.64. The van der Waals surface area contributed by atoms with Crippen LogP contribution in [-0.4, -0.2) is 59.8 Å². The first-order valence-corrected chi connectivity index (χ1v) is 5.29. The maximum atomic E-state index is 11.5. The molecule has 1 aliphatic rings. The Morgan fingerprint density at radius 2 is 2.06 bits per heavy atom. The number of carbonyl (C=O) groups is 2. The Bertz CT molecular complexity index is 290. The zero-order chi connectivity index (χ0) is 13.0. The molecule has 0 aromatic carbocycles. The number of carbonyl (C=O) groups excluding carboxylic acids is 2. The lowest BCUT2D eigenvalue weighted by Gasteiger charge is -2.35. The van der Waals surface area contributed by atoms with Gasteiger partial charge in [-0.1, -0.05) is 0 Å². The molecule has 0 aliphatic carbocycles. The van der Waals surface area contributed by atoms with Crippen LogP contribution < -0.4 is 0 Å². The summed E-state index contributed by atoms with van der Waals surface area (Å²) in [6, 6.07) is 0. The third-order valence-corrected chi connectivity index (χ3v) is 2.30. The monoisotopic (exact) mass is 248 g/mol. The Labute approximate surface area is 98.3 Å². The molecule has 1 saturated heterocycles. The van der Waals surface area contributed by atoms with Crippen LogP contribution >= 0.6 is 0 Å². The summed E-state index contributed by atoms with van der Waals surface area (Å²) in [5.74, 6) is -1.41. The number of rotatable bonds is 3. The highest BCUT2D eigenvalue weighted by Gasteiger charge is 2.45. The summed E-state index contributed by atoms with van der Waals surface area (Å²) in [7, 11) is 0. The van der Waals surface area contributed by atoms with Crippen LogP contribution in [-0.2, 0) is 23.8 Å². The number of esters is 2. The van der Waals surface area contributed by atoms with Gasteiger partial charge in [-0.25, -0.2) is 4.79 Å². The van der Waals surface area contributed by atoms with Gasteiger partial charge in [0.05, 0.1) is 13.2 Å². The second-order valence-corrected chi connectivity index (χ2v) is 3.64. The number of hydrogen-bond donors (Lipinski definition) is 2. The largest absolute Gasteiger partial charge is 0.464 e. The van der Waals surface area contributed by atoms with Crippen molar-refractivity contribution in [2.24, 2.45) is 0 Å². The normalized spacial score (nSPS) is 32.9. The van der Waals surface area contributed by atoms with Crippen molar-refractivity contribution in [1.82, 2.24) is 0 Å². The van der Waals surface area contributed by atoms with Crippen molar-refractivity contribution in [2.45, 2.75) is 38.3 Å². The molecule has 1 heterocycles. The molecule has 7 heteroatoms. The molecular weight excluding hydrogens is 232 g/mol. The van der Waals surface area contributed by atoms with Crippen LogP contribution in [0.1, 0.15) is 13.8 Å². The molecular formula is C10H16O7. The molecule has 0 saturated carbocycles. The van der Waals surface area contributed by atoms with E-state index in [1.54, 1.807) is 6.92 Å². The van der Waals surface area contributed by atoms with Gasteiger partial charge in [-0.3, -0.25) is 4.79 Å². The lowest BCUT2D eigenvalue weighted by Crippen LogP contribution is -2.57. The summed E-state index contributed by atoms with van der Waals surface area (Å²) in [6.45, 7) is 2.68. The fraction of sp³-hybridized carbons (Fsp3) is 0.800. The zero-order valence-electron chi connectivity index (χ0n) is 9.66. The minimum atomic E-state index is -1.37. The lowest BCUT2D eigenvalue weighted by molar-refractivity contribution is -0.216. The van der Waals surface area contributed by atoms with Gasteiger partial charge < -0.3 is 24.4 Å². The lowest BCUT2D eigenvalue weighted by atomic mass is 10.00. The van der Waals surface area contributed by atoms with Gasteiger partial charge in [0.2, 0.25) is 0 Å². The van der Waals surface area contributed by atoms with E-state index in [1.165, 1.54) is 0 Å². The fourth-order valence-electron chi connectivity index (χ4n) is 1.54. The average molecular weight is 248 g/mol. The van der Waals surface area contributed by atoms with Crippen molar-refractivity contribution in [2.75, 3.05) is 13.2 Å². The van der Waals surface area contributed by atoms with Crippen molar-refractivity contribution in [3.63, 3.8) is 0 Å². The molecule has 98 valence electrons. The molecule has 0 bridgehead atoms. The molecule has 1 rings (SSSR count). The van der Waals surface area contributed by atoms with E-state index >= 15 is 0 Å². The van der Waals surface area contributed by atoms with E-state index in [0.717, 1.165) is 6.92 Å². The van der Waals surface area contributed by atoms with Gasteiger partial charge in [0.15, 0.2) is 12.2 Å². The third kappa shape index (κ3) is 3.39. The fourth-order valence-corrected chi connectivity index (χ4v) is 1.54. The van der Waals surface area contributed by atoms with Crippen LogP contribution in [0.2, 0.25) is 0 Å². The standard InChI is InChI=1S/C10H16O7/c1-3-15-10(14)9-8(17-5(2)11)7(13)6(12)4-16-9/h6-9,12-13H,3-4H2,1-2H3/t6?,7-,8-,9?/m1/s1. The molecule has 0 spiro atoms. The topological polar surface area (TPSA) is 102 Å². The summed E-state index contributed by atoms with van der Waals surface area (Å²) >= 11 is 0.